The molecule has 0 amide bonds. The maximum atomic E-state index is 6.09. The molecule has 3 nitrogen and oxygen atoms in total. The first kappa shape index (κ1) is 12.3. The highest BCUT2D eigenvalue weighted by Gasteiger charge is 2.22. The topological polar surface area (TPSA) is 51.0 Å². The van der Waals surface area contributed by atoms with Gasteiger partial charge in [-0.05, 0) is 17.7 Å². The second-order valence-corrected chi connectivity index (χ2v) is 5.23. The molecule has 1 heterocycles. The van der Waals surface area contributed by atoms with Crippen LogP contribution in [-0.4, -0.2) is 18.6 Å². The molecule has 0 bridgehead atoms. The number of nitrogens with one attached hydrogen (secondary N) is 1. The summed E-state index contributed by atoms with van der Waals surface area (Å²) in [7, 11) is 1.62. The normalized spacial score (nSPS) is 12.1. The molecule has 0 atom stereocenters. The molecule has 2 aromatic rings. The fourth-order valence-corrected chi connectivity index (χ4v) is 2.19. The Bertz CT molecular complexity index is 546. The Kier molecular flexibility index (Phi) is 3.06. The van der Waals surface area contributed by atoms with Gasteiger partial charge in [0.05, 0.1) is 12.1 Å². The molecule has 4 heteroatoms. The fourth-order valence-electron chi connectivity index (χ4n) is 1.95. The van der Waals surface area contributed by atoms with Gasteiger partial charge in [0.2, 0.25) is 0 Å². The van der Waals surface area contributed by atoms with Crippen molar-refractivity contribution >= 4 is 22.5 Å². The van der Waals surface area contributed by atoms with E-state index >= 15 is 0 Å². The molecule has 0 saturated carbocycles. The first-order valence-electron chi connectivity index (χ1n) is 5.55. The highest BCUT2D eigenvalue weighted by atomic mass is 35.5. The lowest BCUT2D eigenvalue weighted by Crippen LogP contribution is -2.27. The number of halogens is 1. The van der Waals surface area contributed by atoms with Crippen molar-refractivity contribution < 1.29 is 4.74 Å². The quantitative estimate of drug-likeness (QED) is 0.882. The molecule has 0 radical (unpaired) electrons. The molecule has 0 fully saturated rings. The summed E-state index contributed by atoms with van der Waals surface area (Å²) in [4.78, 5) is 3.23. The van der Waals surface area contributed by atoms with Gasteiger partial charge in [0, 0.05) is 29.1 Å². The molecule has 92 valence electrons. The Morgan fingerprint density at radius 2 is 2.12 bits per heavy atom. The summed E-state index contributed by atoms with van der Waals surface area (Å²) in [6.45, 7) is 4.83. The van der Waals surface area contributed by atoms with Crippen LogP contribution in [0.4, 0.5) is 0 Å². The van der Waals surface area contributed by atoms with Gasteiger partial charge in [0.25, 0.3) is 0 Å². The minimum Gasteiger partial charge on any atom is -0.495 e. The molecule has 17 heavy (non-hydrogen) atoms. The Balaban J connectivity index is 2.68. The van der Waals surface area contributed by atoms with E-state index in [1.807, 2.05) is 18.3 Å². The molecule has 0 spiro atoms. The summed E-state index contributed by atoms with van der Waals surface area (Å²) in [5, 5.41) is 1.72. The monoisotopic (exact) mass is 252 g/mol. The molecule has 2 rings (SSSR count). The highest BCUT2D eigenvalue weighted by Crippen LogP contribution is 2.35. The highest BCUT2D eigenvalue weighted by molar-refractivity contribution is 6.32. The second kappa shape index (κ2) is 4.24. The molecule has 3 N–H and O–H groups in total. The molecule has 0 aliphatic rings. The number of nitrogens with two attached hydrogens (primary N) is 1. The van der Waals surface area contributed by atoms with E-state index in [0.717, 1.165) is 10.9 Å². The van der Waals surface area contributed by atoms with Crippen molar-refractivity contribution in [2.45, 2.75) is 19.3 Å². The average Bonchev–Trinajstić information content (AvgIpc) is 2.71. The van der Waals surface area contributed by atoms with Crippen molar-refractivity contribution in [1.82, 2.24) is 4.98 Å². The van der Waals surface area contributed by atoms with E-state index in [9.17, 15) is 0 Å². The number of rotatable bonds is 3. The molecule has 0 saturated heterocycles. The summed E-state index contributed by atoms with van der Waals surface area (Å²) in [6.07, 6.45) is 1.99. The van der Waals surface area contributed by atoms with Crippen LogP contribution in [0.5, 0.6) is 5.75 Å². The largest absolute Gasteiger partial charge is 0.495 e. The molecule has 0 unspecified atom stereocenters. The van der Waals surface area contributed by atoms with Gasteiger partial charge in [-0.1, -0.05) is 25.4 Å². The number of H-pyrrole nitrogens is 1. The summed E-state index contributed by atoms with van der Waals surface area (Å²) >= 11 is 6.09. The van der Waals surface area contributed by atoms with Crippen LogP contribution in [0.3, 0.4) is 0 Å². The standard InChI is InChI=1S/C13H17ClN2O/c1-13(2,7-15)9-6-16-11-5-10(14)12(17-3)4-8(9)11/h4-6,16H,7,15H2,1-3H3. The van der Waals surface area contributed by atoms with Gasteiger partial charge in [0.15, 0.2) is 0 Å². The fraction of sp³-hybridized carbons (Fsp3) is 0.385. The summed E-state index contributed by atoms with van der Waals surface area (Å²) in [6, 6.07) is 3.84. The predicted molar refractivity (Wildman–Crippen MR) is 71.9 cm³/mol. The lowest BCUT2D eigenvalue weighted by molar-refractivity contribution is 0.415. The van der Waals surface area contributed by atoms with Crippen molar-refractivity contribution in [2.75, 3.05) is 13.7 Å². The zero-order chi connectivity index (χ0) is 12.6. The molecule has 1 aromatic heterocycles. The average molecular weight is 253 g/mol. The third-order valence-corrected chi connectivity index (χ3v) is 3.49. The van der Waals surface area contributed by atoms with Crippen molar-refractivity contribution in [2.24, 2.45) is 5.73 Å². The number of aromatic amines is 1. The number of aromatic nitrogens is 1. The molecule has 0 aliphatic carbocycles. The van der Waals surface area contributed by atoms with Crippen LogP contribution in [0.1, 0.15) is 19.4 Å². The second-order valence-electron chi connectivity index (χ2n) is 4.82. The van der Waals surface area contributed by atoms with Crippen LogP contribution in [0.2, 0.25) is 5.02 Å². The van der Waals surface area contributed by atoms with Crippen LogP contribution in [0.15, 0.2) is 18.3 Å². The number of benzene rings is 1. The zero-order valence-electron chi connectivity index (χ0n) is 10.3. The minimum absolute atomic E-state index is 0.0723. The maximum Gasteiger partial charge on any atom is 0.138 e. The first-order valence-corrected chi connectivity index (χ1v) is 5.92. The van der Waals surface area contributed by atoms with Crippen molar-refractivity contribution in [3.8, 4) is 5.75 Å². The van der Waals surface area contributed by atoms with Crippen LogP contribution >= 0.6 is 11.6 Å². The van der Waals surface area contributed by atoms with Gasteiger partial charge in [-0.25, -0.2) is 0 Å². The lowest BCUT2D eigenvalue weighted by atomic mass is 9.84. The third-order valence-electron chi connectivity index (χ3n) is 3.19. The van der Waals surface area contributed by atoms with Crippen LogP contribution in [-0.2, 0) is 5.41 Å². The molecule has 1 aromatic carbocycles. The van der Waals surface area contributed by atoms with E-state index in [1.165, 1.54) is 5.56 Å². The Morgan fingerprint density at radius 3 is 2.71 bits per heavy atom. The van der Waals surface area contributed by atoms with E-state index in [-0.39, 0.29) is 5.41 Å². The number of ether oxygens (including phenoxy) is 1. The van der Waals surface area contributed by atoms with Crippen LogP contribution in [0.25, 0.3) is 10.9 Å². The van der Waals surface area contributed by atoms with Crippen molar-refractivity contribution in [1.29, 1.82) is 0 Å². The molecule has 0 aliphatic heterocycles. The molecular weight excluding hydrogens is 236 g/mol. The lowest BCUT2D eigenvalue weighted by Gasteiger charge is -2.22. The number of hydrogen-bond donors (Lipinski definition) is 2. The van der Waals surface area contributed by atoms with Gasteiger partial charge in [-0.15, -0.1) is 0 Å². The van der Waals surface area contributed by atoms with Gasteiger partial charge >= 0.3 is 0 Å². The van der Waals surface area contributed by atoms with E-state index < -0.39 is 0 Å². The number of hydrogen-bond acceptors (Lipinski definition) is 2. The van der Waals surface area contributed by atoms with Crippen LogP contribution < -0.4 is 10.5 Å². The minimum atomic E-state index is -0.0723. The Hall–Kier alpha value is -1.19. The van der Waals surface area contributed by atoms with Gasteiger partial charge in [0.1, 0.15) is 5.75 Å². The van der Waals surface area contributed by atoms with Crippen molar-refractivity contribution in [3.05, 3.63) is 28.9 Å². The van der Waals surface area contributed by atoms with E-state index in [4.69, 9.17) is 22.1 Å². The van der Waals surface area contributed by atoms with E-state index in [1.54, 1.807) is 7.11 Å². The predicted octanol–water partition coefficient (Wildman–Crippen LogP) is 3.07. The van der Waals surface area contributed by atoms with Gasteiger partial charge < -0.3 is 15.5 Å². The Labute approximate surface area is 106 Å². The Morgan fingerprint density at radius 1 is 1.41 bits per heavy atom. The zero-order valence-corrected chi connectivity index (χ0v) is 11.1. The number of methoxy groups -OCH3 is 1. The SMILES string of the molecule is COc1cc2c(C(C)(C)CN)c[nH]c2cc1Cl. The molecular formula is C13H17ClN2O. The first-order chi connectivity index (χ1) is 7.99. The van der Waals surface area contributed by atoms with E-state index in [2.05, 4.69) is 18.8 Å². The smallest absolute Gasteiger partial charge is 0.138 e. The summed E-state index contributed by atoms with van der Waals surface area (Å²) < 4.78 is 5.25. The van der Waals surface area contributed by atoms with Crippen LogP contribution in [0, 0.1) is 0 Å². The maximum absolute atomic E-state index is 6.09. The summed E-state index contributed by atoms with van der Waals surface area (Å²) in [5.41, 5.74) is 7.94. The van der Waals surface area contributed by atoms with Gasteiger partial charge in [-0.3, -0.25) is 0 Å². The summed E-state index contributed by atoms with van der Waals surface area (Å²) in [5.74, 6) is 0.688. The number of fused-ring (bicyclic) bond motifs is 1. The van der Waals surface area contributed by atoms with Gasteiger partial charge in [-0.2, -0.15) is 0 Å². The van der Waals surface area contributed by atoms with E-state index in [0.29, 0.717) is 17.3 Å². The third kappa shape index (κ3) is 2.01. The van der Waals surface area contributed by atoms with Crippen molar-refractivity contribution in [3.63, 3.8) is 0 Å².